The minimum absolute atomic E-state index is 0.356. The quantitative estimate of drug-likeness (QED) is 0.763. The number of nitrogens with two attached hydrogens (primary N) is 1. The monoisotopic (exact) mass is 257 g/mol. The first-order valence-electron chi connectivity index (χ1n) is 5.74. The van der Waals surface area contributed by atoms with E-state index in [0.717, 1.165) is 0 Å². The molecule has 2 aromatic heterocycles. The number of anilines is 1. The van der Waals surface area contributed by atoms with E-state index in [1.165, 1.54) is 10.7 Å². The molecule has 3 aromatic rings. The molecule has 2 heterocycles. The van der Waals surface area contributed by atoms with E-state index in [4.69, 9.17) is 5.73 Å². The Morgan fingerprint density at radius 3 is 2.68 bits per heavy atom. The van der Waals surface area contributed by atoms with Crippen LogP contribution in [0.4, 0.5) is 10.2 Å². The van der Waals surface area contributed by atoms with Gasteiger partial charge in [-0.05, 0) is 18.2 Å². The molecular weight excluding hydrogens is 245 g/mol. The van der Waals surface area contributed by atoms with Crippen molar-refractivity contribution in [1.82, 2.24) is 19.6 Å². The van der Waals surface area contributed by atoms with Crippen molar-refractivity contribution in [1.29, 1.82) is 0 Å². The summed E-state index contributed by atoms with van der Waals surface area (Å²) in [7, 11) is 1.74. The second kappa shape index (κ2) is 4.24. The summed E-state index contributed by atoms with van der Waals surface area (Å²) in [6.45, 7) is 0. The van der Waals surface area contributed by atoms with Crippen LogP contribution >= 0.6 is 0 Å². The molecule has 0 saturated carbocycles. The van der Waals surface area contributed by atoms with Crippen LogP contribution < -0.4 is 5.73 Å². The van der Waals surface area contributed by atoms with Gasteiger partial charge in [0.1, 0.15) is 17.3 Å². The molecule has 0 fully saturated rings. The lowest BCUT2D eigenvalue weighted by atomic mass is 10.1. The lowest BCUT2D eigenvalue weighted by molar-refractivity contribution is 0.611. The van der Waals surface area contributed by atoms with Gasteiger partial charge in [-0.3, -0.25) is 4.68 Å². The normalized spacial score (nSPS) is 10.8. The Morgan fingerprint density at radius 2 is 2.11 bits per heavy atom. The molecule has 19 heavy (non-hydrogen) atoms. The maximum atomic E-state index is 14.1. The molecule has 0 spiro atoms. The Bertz CT molecular complexity index is 695. The number of rotatable bonds is 2. The van der Waals surface area contributed by atoms with Crippen LogP contribution in [0.2, 0.25) is 0 Å². The average Bonchev–Trinajstić information content (AvgIpc) is 3.00. The molecule has 0 atom stereocenters. The first kappa shape index (κ1) is 11.5. The maximum Gasteiger partial charge on any atom is 0.149 e. The molecule has 3 rings (SSSR count). The third kappa shape index (κ3) is 1.97. The van der Waals surface area contributed by atoms with E-state index < -0.39 is 0 Å². The second-order valence-corrected chi connectivity index (χ2v) is 4.19. The van der Waals surface area contributed by atoms with E-state index in [-0.39, 0.29) is 5.82 Å². The average molecular weight is 257 g/mol. The Morgan fingerprint density at radius 1 is 1.26 bits per heavy atom. The molecule has 0 aliphatic rings. The molecule has 0 aliphatic heterocycles. The number of aryl methyl sites for hydroxylation is 1. The fraction of sp³-hybridized carbons (Fsp3) is 0.0769. The molecule has 0 radical (unpaired) electrons. The van der Waals surface area contributed by atoms with Gasteiger partial charge in [-0.2, -0.15) is 10.2 Å². The number of nitrogens with zero attached hydrogens (tertiary/aromatic N) is 4. The van der Waals surface area contributed by atoms with Crippen molar-refractivity contribution in [2.75, 3.05) is 5.73 Å². The molecule has 0 saturated heterocycles. The third-order valence-corrected chi connectivity index (χ3v) is 2.91. The van der Waals surface area contributed by atoms with Gasteiger partial charge in [-0.1, -0.05) is 6.07 Å². The van der Waals surface area contributed by atoms with Crippen molar-refractivity contribution < 1.29 is 4.39 Å². The molecule has 6 heteroatoms. The summed E-state index contributed by atoms with van der Waals surface area (Å²) in [5.41, 5.74) is 7.44. The number of hydrogen-bond donors (Lipinski definition) is 1. The Balaban J connectivity index is 2.04. The standard InChI is InChI=1S/C13H12FN5/c1-18-13(15)8-11(17-18)9-3-4-12(10(14)7-9)19-6-2-5-16-19/h2-8H,15H2,1H3. The molecule has 5 nitrogen and oxygen atoms in total. The smallest absolute Gasteiger partial charge is 0.149 e. The summed E-state index contributed by atoms with van der Waals surface area (Å²) >= 11 is 0. The van der Waals surface area contributed by atoms with Crippen molar-refractivity contribution in [3.63, 3.8) is 0 Å². The Hall–Kier alpha value is -2.63. The van der Waals surface area contributed by atoms with Gasteiger partial charge < -0.3 is 5.73 Å². The van der Waals surface area contributed by atoms with Gasteiger partial charge in [0.2, 0.25) is 0 Å². The van der Waals surface area contributed by atoms with Crippen LogP contribution in [0.15, 0.2) is 42.7 Å². The van der Waals surface area contributed by atoms with E-state index in [1.54, 1.807) is 48.4 Å². The predicted molar refractivity (Wildman–Crippen MR) is 70.1 cm³/mol. The van der Waals surface area contributed by atoms with Crippen molar-refractivity contribution in [3.05, 3.63) is 48.5 Å². The van der Waals surface area contributed by atoms with Gasteiger partial charge >= 0.3 is 0 Å². The number of nitrogen functional groups attached to an aromatic ring is 1. The fourth-order valence-electron chi connectivity index (χ4n) is 1.89. The zero-order valence-electron chi connectivity index (χ0n) is 10.3. The van der Waals surface area contributed by atoms with Gasteiger partial charge in [-0.15, -0.1) is 0 Å². The summed E-state index contributed by atoms with van der Waals surface area (Å²) in [5, 5.41) is 8.22. The number of halogens is 1. The highest BCUT2D eigenvalue weighted by Gasteiger charge is 2.10. The van der Waals surface area contributed by atoms with Gasteiger partial charge in [0.05, 0.1) is 5.69 Å². The number of benzene rings is 1. The van der Waals surface area contributed by atoms with Crippen molar-refractivity contribution in [3.8, 4) is 16.9 Å². The zero-order valence-corrected chi connectivity index (χ0v) is 10.3. The lowest BCUT2D eigenvalue weighted by Gasteiger charge is -2.04. The van der Waals surface area contributed by atoms with E-state index in [0.29, 0.717) is 22.8 Å². The van der Waals surface area contributed by atoms with E-state index in [1.807, 2.05) is 0 Å². The zero-order chi connectivity index (χ0) is 13.4. The summed E-state index contributed by atoms with van der Waals surface area (Å²) in [6, 6.07) is 8.35. The maximum absolute atomic E-state index is 14.1. The fourth-order valence-corrected chi connectivity index (χ4v) is 1.89. The molecule has 0 amide bonds. The minimum Gasteiger partial charge on any atom is -0.384 e. The van der Waals surface area contributed by atoms with E-state index in [2.05, 4.69) is 10.2 Å². The minimum atomic E-state index is -0.356. The highest BCUT2D eigenvalue weighted by molar-refractivity contribution is 5.63. The van der Waals surface area contributed by atoms with Gasteiger partial charge in [0.15, 0.2) is 0 Å². The van der Waals surface area contributed by atoms with Crippen LogP contribution in [0.25, 0.3) is 16.9 Å². The predicted octanol–water partition coefficient (Wildman–Crippen LogP) is 1.99. The summed E-state index contributed by atoms with van der Waals surface area (Å²) < 4.78 is 17.1. The van der Waals surface area contributed by atoms with Crippen LogP contribution in [0.5, 0.6) is 0 Å². The van der Waals surface area contributed by atoms with Gasteiger partial charge in [0, 0.05) is 31.1 Å². The lowest BCUT2D eigenvalue weighted by Crippen LogP contribution is -1.98. The first-order valence-corrected chi connectivity index (χ1v) is 5.74. The highest BCUT2D eigenvalue weighted by atomic mass is 19.1. The molecule has 96 valence electrons. The summed E-state index contributed by atoms with van der Waals surface area (Å²) in [5.74, 6) is 0.178. The van der Waals surface area contributed by atoms with Gasteiger partial charge in [-0.25, -0.2) is 9.07 Å². The molecule has 2 N–H and O–H groups in total. The van der Waals surface area contributed by atoms with Crippen molar-refractivity contribution >= 4 is 5.82 Å². The molecule has 0 unspecified atom stereocenters. The first-order chi connectivity index (χ1) is 9.15. The second-order valence-electron chi connectivity index (χ2n) is 4.19. The van der Waals surface area contributed by atoms with Crippen LogP contribution in [-0.2, 0) is 7.05 Å². The third-order valence-electron chi connectivity index (χ3n) is 2.91. The van der Waals surface area contributed by atoms with Crippen LogP contribution in [-0.4, -0.2) is 19.6 Å². The largest absolute Gasteiger partial charge is 0.384 e. The number of aromatic nitrogens is 4. The van der Waals surface area contributed by atoms with E-state index in [9.17, 15) is 4.39 Å². The SMILES string of the molecule is Cn1nc(-c2ccc(-n3cccn3)c(F)c2)cc1N. The van der Waals surface area contributed by atoms with Crippen molar-refractivity contribution in [2.45, 2.75) is 0 Å². The van der Waals surface area contributed by atoms with Crippen LogP contribution in [0, 0.1) is 5.82 Å². The molecular formula is C13H12FN5. The summed E-state index contributed by atoms with van der Waals surface area (Å²) in [4.78, 5) is 0. The Kier molecular flexibility index (Phi) is 2.56. The summed E-state index contributed by atoms with van der Waals surface area (Å²) in [6.07, 6.45) is 3.30. The van der Waals surface area contributed by atoms with Crippen LogP contribution in [0.1, 0.15) is 0 Å². The number of hydrogen-bond acceptors (Lipinski definition) is 3. The molecule has 0 bridgehead atoms. The molecule has 0 aliphatic carbocycles. The Labute approximate surface area is 109 Å². The highest BCUT2D eigenvalue weighted by Crippen LogP contribution is 2.23. The van der Waals surface area contributed by atoms with Crippen LogP contribution in [0.3, 0.4) is 0 Å². The molecule has 1 aromatic carbocycles. The van der Waals surface area contributed by atoms with E-state index >= 15 is 0 Å². The topological polar surface area (TPSA) is 61.7 Å². The van der Waals surface area contributed by atoms with Crippen molar-refractivity contribution in [2.24, 2.45) is 7.05 Å². The van der Waals surface area contributed by atoms with Gasteiger partial charge in [0.25, 0.3) is 0 Å².